The van der Waals surface area contributed by atoms with Gasteiger partial charge in [0.25, 0.3) is 0 Å². The molecule has 1 aromatic rings. The second kappa shape index (κ2) is 5.34. The molecule has 0 spiro atoms. The number of likely N-dealkylation sites (tertiary alicyclic amines) is 1. The van der Waals surface area contributed by atoms with Gasteiger partial charge in [-0.2, -0.15) is 13.2 Å². The minimum absolute atomic E-state index is 0.0974. The zero-order valence-electron chi connectivity index (χ0n) is 10.8. The number of hydrogen-bond donors (Lipinski definition) is 1. The molecule has 1 fully saturated rings. The van der Waals surface area contributed by atoms with Crippen molar-refractivity contribution in [2.45, 2.75) is 19.1 Å². The van der Waals surface area contributed by atoms with Crippen molar-refractivity contribution in [3.05, 3.63) is 35.1 Å². The third kappa shape index (κ3) is 3.14. The molecule has 0 radical (unpaired) electrons. The lowest BCUT2D eigenvalue weighted by atomic mass is 10.1. The first-order valence-electron chi connectivity index (χ1n) is 6.12. The van der Waals surface area contributed by atoms with Gasteiger partial charge in [0.05, 0.1) is 11.5 Å². The Bertz CT molecular complexity index is 586. The average molecular weight is 304 g/mol. The second-order valence-corrected chi connectivity index (χ2v) is 4.84. The summed E-state index contributed by atoms with van der Waals surface area (Å²) >= 11 is 0. The average Bonchev–Trinajstić information content (AvgIpc) is 2.72. The van der Waals surface area contributed by atoms with E-state index in [9.17, 15) is 27.2 Å². The quantitative estimate of drug-likeness (QED) is 0.864. The van der Waals surface area contributed by atoms with Gasteiger partial charge in [0.1, 0.15) is 5.82 Å². The monoisotopic (exact) mass is 304 g/mol. The molecule has 0 bridgehead atoms. The van der Waals surface area contributed by atoms with Crippen LogP contribution < -0.4 is 5.73 Å². The van der Waals surface area contributed by atoms with Gasteiger partial charge < -0.3 is 10.6 Å². The molecular formula is C13H12F4N2O2. The lowest BCUT2D eigenvalue weighted by molar-refractivity contribution is -0.139. The first kappa shape index (κ1) is 15.3. The fourth-order valence-corrected chi connectivity index (χ4v) is 2.29. The summed E-state index contributed by atoms with van der Waals surface area (Å²) in [5.41, 5.74) is 3.34. The van der Waals surface area contributed by atoms with E-state index in [1.165, 1.54) is 0 Å². The van der Waals surface area contributed by atoms with Crippen LogP contribution in [0.5, 0.6) is 0 Å². The zero-order chi connectivity index (χ0) is 15.8. The van der Waals surface area contributed by atoms with Crippen LogP contribution in [0.3, 0.4) is 0 Å². The van der Waals surface area contributed by atoms with Gasteiger partial charge in [-0.1, -0.05) is 6.07 Å². The molecule has 2 N–H and O–H groups in total. The van der Waals surface area contributed by atoms with E-state index in [0.717, 1.165) is 23.1 Å². The molecule has 0 aliphatic carbocycles. The number of rotatable bonds is 3. The number of carbonyl (C=O) groups is 2. The second-order valence-electron chi connectivity index (χ2n) is 4.84. The number of nitrogens with zero attached hydrogens (tertiary/aromatic N) is 1. The van der Waals surface area contributed by atoms with Crippen molar-refractivity contribution < 1.29 is 27.2 Å². The third-order valence-corrected chi connectivity index (χ3v) is 3.39. The normalized spacial score (nSPS) is 19.1. The fourth-order valence-electron chi connectivity index (χ4n) is 2.29. The van der Waals surface area contributed by atoms with Crippen LogP contribution in [-0.2, 0) is 22.3 Å². The van der Waals surface area contributed by atoms with Gasteiger partial charge in [0.15, 0.2) is 0 Å². The van der Waals surface area contributed by atoms with E-state index in [-0.39, 0.29) is 13.0 Å². The molecular weight excluding hydrogens is 292 g/mol. The highest BCUT2D eigenvalue weighted by molar-refractivity contribution is 5.88. The molecule has 21 heavy (non-hydrogen) atoms. The van der Waals surface area contributed by atoms with Crippen LogP contribution in [0, 0.1) is 11.7 Å². The van der Waals surface area contributed by atoms with Crippen molar-refractivity contribution in [2.75, 3.05) is 6.54 Å². The van der Waals surface area contributed by atoms with E-state index >= 15 is 0 Å². The highest BCUT2D eigenvalue weighted by Gasteiger charge is 2.38. The molecule has 4 nitrogen and oxygen atoms in total. The number of alkyl halides is 3. The van der Waals surface area contributed by atoms with Crippen LogP contribution in [0.25, 0.3) is 0 Å². The maximum absolute atomic E-state index is 13.7. The summed E-state index contributed by atoms with van der Waals surface area (Å²) in [5, 5.41) is 0. The van der Waals surface area contributed by atoms with Crippen molar-refractivity contribution in [1.82, 2.24) is 4.90 Å². The van der Waals surface area contributed by atoms with Crippen LogP contribution in [0.4, 0.5) is 17.6 Å². The van der Waals surface area contributed by atoms with Gasteiger partial charge in [-0.3, -0.25) is 9.59 Å². The molecule has 2 rings (SSSR count). The molecule has 114 valence electrons. The number of hydrogen-bond acceptors (Lipinski definition) is 2. The molecule has 1 saturated heterocycles. The standard InChI is InChI=1S/C13H12F4N2O2/c14-10-3-1-2-9(13(15,16)17)8(10)6-19-5-7(12(18)21)4-11(19)20/h1-3,7H,4-6H2,(H2,18,21). The van der Waals surface area contributed by atoms with Crippen molar-refractivity contribution in [1.29, 1.82) is 0 Å². The Kier molecular flexibility index (Phi) is 3.89. The molecule has 1 atom stereocenters. The molecule has 1 heterocycles. The zero-order valence-corrected chi connectivity index (χ0v) is 10.8. The number of halogens is 4. The van der Waals surface area contributed by atoms with Gasteiger partial charge in [-0.15, -0.1) is 0 Å². The minimum atomic E-state index is -4.72. The molecule has 1 aliphatic heterocycles. The SMILES string of the molecule is NC(=O)C1CC(=O)N(Cc2c(F)cccc2C(F)(F)F)C1. The molecule has 0 aromatic heterocycles. The van der Waals surface area contributed by atoms with Crippen LogP contribution in [0.15, 0.2) is 18.2 Å². The van der Waals surface area contributed by atoms with Gasteiger partial charge >= 0.3 is 6.18 Å². The smallest absolute Gasteiger partial charge is 0.369 e. The molecule has 1 aliphatic rings. The van der Waals surface area contributed by atoms with Crippen LogP contribution in [0.1, 0.15) is 17.5 Å². The summed E-state index contributed by atoms with van der Waals surface area (Å²) in [6.45, 7) is -0.635. The van der Waals surface area contributed by atoms with Gasteiger partial charge in [-0.25, -0.2) is 4.39 Å². The predicted octanol–water partition coefficient (Wildman–Crippen LogP) is 1.68. The van der Waals surface area contributed by atoms with Gasteiger partial charge in [0.2, 0.25) is 11.8 Å². The maximum atomic E-state index is 13.7. The number of nitrogens with two attached hydrogens (primary N) is 1. The lowest BCUT2D eigenvalue weighted by Crippen LogP contribution is -2.29. The lowest BCUT2D eigenvalue weighted by Gasteiger charge is -2.20. The van der Waals surface area contributed by atoms with E-state index in [2.05, 4.69) is 0 Å². The molecule has 2 amide bonds. The molecule has 0 saturated carbocycles. The van der Waals surface area contributed by atoms with Crippen molar-refractivity contribution in [3.63, 3.8) is 0 Å². The highest BCUT2D eigenvalue weighted by Crippen LogP contribution is 2.34. The Balaban J connectivity index is 2.28. The summed E-state index contributed by atoms with van der Waals surface area (Å²) in [6, 6.07) is 2.61. The molecule has 8 heteroatoms. The predicted molar refractivity (Wildman–Crippen MR) is 64.1 cm³/mol. The minimum Gasteiger partial charge on any atom is -0.369 e. The Morgan fingerprint density at radius 3 is 2.57 bits per heavy atom. The van der Waals surface area contributed by atoms with E-state index in [1.54, 1.807) is 0 Å². The van der Waals surface area contributed by atoms with Crippen LogP contribution >= 0.6 is 0 Å². The Hall–Kier alpha value is -2.12. The van der Waals surface area contributed by atoms with E-state index in [0.29, 0.717) is 0 Å². The summed E-state index contributed by atoms with van der Waals surface area (Å²) in [4.78, 5) is 23.7. The summed E-state index contributed by atoms with van der Waals surface area (Å²) < 4.78 is 52.3. The highest BCUT2D eigenvalue weighted by atomic mass is 19.4. The van der Waals surface area contributed by atoms with E-state index < -0.39 is 47.4 Å². The van der Waals surface area contributed by atoms with E-state index in [1.807, 2.05) is 0 Å². The number of primary amides is 1. The Labute approximate surface area is 117 Å². The van der Waals surface area contributed by atoms with Crippen molar-refractivity contribution in [2.24, 2.45) is 11.7 Å². The first-order valence-corrected chi connectivity index (χ1v) is 6.12. The van der Waals surface area contributed by atoms with Crippen LogP contribution in [0.2, 0.25) is 0 Å². The summed E-state index contributed by atoms with van der Waals surface area (Å²) in [6.07, 6.45) is -4.88. The fraction of sp³-hybridized carbons (Fsp3) is 0.385. The first-order chi connectivity index (χ1) is 9.70. The van der Waals surface area contributed by atoms with Crippen molar-refractivity contribution in [3.8, 4) is 0 Å². The Morgan fingerprint density at radius 1 is 1.38 bits per heavy atom. The topological polar surface area (TPSA) is 63.4 Å². The number of amides is 2. The van der Waals surface area contributed by atoms with E-state index in [4.69, 9.17) is 5.73 Å². The van der Waals surface area contributed by atoms with Gasteiger partial charge in [-0.05, 0) is 12.1 Å². The van der Waals surface area contributed by atoms with Gasteiger partial charge in [0, 0.05) is 25.1 Å². The maximum Gasteiger partial charge on any atom is 0.416 e. The molecule has 1 unspecified atom stereocenters. The summed E-state index contributed by atoms with van der Waals surface area (Å²) in [7, 11) is 0. The van der Waals surface area contributed by atoms with Crippen molar-refractivity contribution >= 4 is 11.8 Å². The largest absolute Gasteiger partial charge is 0.416 e. The molecule has 1 aromatic carbocycles. The number of carbonyl (C=O) groups excluding carboxylic acids is 2. The van der Waals surface area contributed by atoms with Crippen LogP contribution in [-0.4, -0.2) is 23.3 Å². The number of benzene rings is 1. The third-order valence-electron chi connectivity index (χ3n) is 3.39. The summed E-state index contributed by atoms with van der Waals surface area (Å²) in [5.74, 6) is -3.01. The Morgan fingerprint density at radius 2 is 2.05 bits per heavy atom.